The number of hydrogen-bond acceptors (Lipinski definition) is 6. The number of nitro benzene ring substituents is 1. The van der Waals surface area contributed by atoms with Gasteiger partial charge in [-0.2, -0.15) is 0 Å². The molecular formula is C23H16FN3O4S. The van der Waals surface area contributed by atoms with Crippen molar-refractivity contribution in [1.82, 2.24) is 5.32 Å². The van der Waals surface area contributed by atoms with Gasteiger partial charge in [0, 0.05) is 17.7 Å². The Hall–Kier alpha value is -3.98. The molecule has 1 aliphatic rings. The van der Waals surface area contributed by atoms with Crippen molar-refractivity contribution in [3.63, 3.8) is 0 Å². The van der Waals surface area contributed by atoms with Gasteiger partial charge in [0.05, 0.1) is 15.5 Å². The molecule has 1 amide bonds. The average Bonchev–Trinajstić information content (AvgIpc) is 3.13. The van der Waals surface area contributed by atoms with Gasteiger partial charge in [0.25, 0.3) is 11.6 Å². The van der Waals surface area contributed by atoms with Crippen LogP contribution in [0.25, 0.3) is 6.08 Å². The lowest BCUT2D eigenvalue weighted by Gasteiger charge is -2.10. The van der Waals surface area contributed by atoms with Crippen molar-refractivity contribution in [3.05, 3.63) is 105 Å². The van der Waals surface area contributed by atoms with Crippen molar-refractivity contribution >= 4 is 40.3 Å². The van der Waals surface area contributed by atoms with Crippen LogP contribution in [0.4, 0.5) is 15.8 Å². The first-order chi connectivity index (χ1) is 15.5. The molecule has 0 spiro atoms. The van der Waals surface area contributed by atoms with E-state index in [0.717, 1.165) is 17.3 Å². The molecule has 1 fully saturated rings. The maximum absolute atomic E-state index is 13.1. The summed E-state index contributed by atoms with van der Waals surface area (Å²) < 4.78 is 18.9. The van der Waals surface area contributed by atoms with Gasteiger partial charge in [-0.1, -0.05) is 30.3 Å². The third-order valence-electron chi connectivity index (χ3n) is 4.44. The van der Waals surface area contributed by atoms with Crippen molar-refractivity contribution < 1.29 is 18.8 Å². The Bertz CT molecular complexity index is 1230. The zero-order valence-corrected chi connectivity index (χ0v) is 17.3. The highest BCUT2D eigenvalue weighted by Gasteiger charge is 2.25. The number of benzene rings is 3. The second-order valence-corrected chi connectivity index (χ2v) is 7.74. The molecule has 0 unspecified atom stereocenters. The lowest BCUT2D eigenvalue weighted by molar-refractivity contribution is -0.384. The van der Waals surface area contributed by atoms with E-state index in [9.17, 15) is 19.3 Å². The van der Waals surface area contributed by atoms with E-state index in [0.29, 0.717) is 27.1 Å². The minimum absolute atomic E-state index is 0.132. The smallest absolute Gasteiger partial charge is 0.270 e. The number of nitrogens with one attached hydrogen (secondary N) is 1. The second kappa shape index (κ2) is 9.44. The van der Waals surface area contributed by atoms with Gasteiger partial charge in [-0.05, 0) is 53.7 Å². The number of para-hydroxylation sites is 1. The van der Waals surface area contributed by atoms with Crippen LogP contribution in [0.15, 0.2) is 82.7 Å². The van der Waals surface area contributed by atoms with Crippen LogP contribution < -0.4 is 10.1 Å². The number of nitrogens with zero attached hydrogens (tertiary/aromatic N) is 2. The molecule has 0 aliphatic carbocycles. The van der Waals surface area contributed by atoms with E-state index in [4.69, 9.17) is 4.74 Å². The maximum atomic E-state index is 13.1. The number of rotatable bonds is 6. The largest absolute Gasteiger partial charge is 0.488 e. The number of non-ortho nitro benzene ring substituents is 1. The number of thioether (sulfide) groups is 1. The molecule has 32 heavy (non-hydrogen) atoms. The standard InChI is InChI=1S/C23H16FN3O4S/c24-17-8-6-15(7-9-17)14-31-20-11-10-19(27(29)30)12-16(20)13-21-22(28)26-23(32-21)25-18-4-2-1-3-5-18/h1-13H,14H2,(H,25,26,28)/b21-13+. The zero-order valence-electron chi connectivity index (χ0n) is 16.5. The van der Waals surface area contributed by atoms with Gasteiger partial charge in [-0.3, -0.25) is 14.9 Å². The van der Waals surface area contributed by atoms with E-state index < -0.39 is 4.92 Å². The Morgan fingerprint density at radius 1 is 1.09 bits per heavy atom. The molecule has 3 aromatic carbocycles. The summed E-state index contributed by atoms with van der Waals surface area (Å²) in [7, 11) is 0. The van der Waals surface area contributed by atoms with Crippen LogP contribution in [0.5, 0.6) is 5.75 Å². The summed E-state index contributed by atoms with van der Waals surface area (Å²) >= 11 is 1.13. The summed E-state index contributed by atoms with van der Waals surface area (Å²) in [5.41, 5.74) is 1.66. The van der Waals surface area contributed by atoms with Crippen LogP contribution in [0.3, 0.4) is 0 Å². The van der Waals surface area contributed by atoms with Crippen molar-refractivity contribution in [2.24, 2.45) is 4.99 Å². The number of carbonyl (C=O) groups excluding carboxylic acids is 1. The van der Waals surface area contributed by atoms with Crippen molar-refractivity contribution in [1.29, 1.82) is 0 Å². The molecule has 1 saturated heterocycles. The molecule has 3 aromatic rings. The molecule has 9 heteroatoms. The number of amides is 1. The number of halogens is 1. The van der Waals surface area contributed by atoms with Gasteiger partial charge in [-0.25, -0.2) is 9.38 Å². The van der Waals surface area contributed by atoms with Gasteiger partial charge >= 0.3 is 0 Å². The monoisotopic (exact) mass is 449 g/mol. The molecule has 4 rings (SSSR count). The predicted molar refractivity (Wildman–Crippen MR) is 121 cm³/mol. The predicted octanol–water partition coefficient (Wildman–Crippen LogP) is 5.20. The molecule has 1 aliphatic heterocycles. The average molecular weight is 449 g/mol. The third kappa shape index (κ3) is 5.19. The van der Waals surface area contributed by atoms with Crippen LogP contribution in [0.2, 0.25) is 0 Å². The molecule has 0 radical (unpaired) electrons. The Labute approximate surface area is 186 Å². The van der Waals surface area contributed by atoms with E-state index in [1.54, 1.807) is 12.1 Å². The van der Waals surface area contributed by atoms with E-state index >= 15 is 0 Å². The van der Waals surface area contributed by atoms with Crippen LogP contribution in [-0.4, -0.2) is 16.0 Å². The normalized spacial score (nSPS) is 15.7. The molecule has 0 atom stereocenters. The first-order valence-corrected chi connectivity index (χ1v) is 10.3. The number of hydrogen-bond donors (Lipinski definition) is 1. The quantitative estimate of drug-likeness (QED) is 0.317. The Balaban J connectivity index is 1.60. The van der Waals surface area contributed by atoms with Crippen LogP contribution in [0, 0.1) is 15.9 Å². The third-order valence-corrected chi connectivity index (χ3v) is 5.35. The Kier molecular flexibility index (Phi) is 6.27. The fraction of sp³-hybridized carbons (Fsp3) is 0.0435. The number of nitro groups is 1. The van der Waals surface area contributed by atoms with E-state index in [-0.39, 0.29) is 24.0 Å². The van der Waals surface area contributed by atoms with Gasteiger partial charge < -0.3 is 10.1 Å². The van der Waals surface area contributed by atoms with E-state index in [1.807, 2.05) is 30.3 Å². The molecule has 160 valence electrons. The topological polar surface area (TPSA) is 93.8 Å². The number of carbonyl (C=O) groups is 1. The van der Waals surface area contributed by atoms with Crippen LogP contribution >= 0.6 is 11.8 Å². The van der Waals surface area contributed by atoms with Gasteiger partial charge in [0.1, 0.15) is 18.2 Å². The minimum atomic E-state index is -0.518. The van der Waals surface area contributed by atoms with Gasteiger partial charge in [-0.15, -0.1) is 0 Å². The molecule has 1 N–H and O–H groups in total. The first kappa shape index (κ1) is 21.3. The van der Waals surface area contributed by atoms with Crippen molar-refractivity contribution in [2.45, 2.75) is 6.61 Å². The molecule has 0 aromatic heterocycles. The van der Waals surface area contributed by atoms with E-state index in [1.165, 1.54) is 36.4 Å². The first-order valence-electron chi connectivity index (χ1n) is 9.48. The second-order valence-electron chi connectivity index (χ2n) is 6.71. The fourth-order valence-electron chi connectivity index (χ4n) is 2.88. The number of ether oxygens (including phenoxy) is 1. The number of amidine groups is 1. The van der Waals surface area contributed by atoms with Crippen molar-refractivity contribution in [2.75, 3.05) is 0 Å². The summed E-state index contributed by atoms with van der Waals surface area (Å²) in [6.07, 6.45) is 1.53. The Morgan fingerprint density at radius 2 is 1.84 bits per heavy atom. The highest BCUT2D eigenvalue weighted by Crippen LogP contribution is 2.32. The lowest BCUT2D eigenvalue weighted by atomic mass is 10.1. The molecule has 1 heterocycles. The molecule has 0 bridgehead atoms. The van der Waals surface area contributed by atoms with Crippen LogP contribution in [0.1, 0.15) is 11.1 Å². The summed E-state index contributed by atoms with van der Waals surface area (Å²) in [6, 6.07) is 19.1. The lowest BCUT2D eigenvalue weighted by Crippen LogP contribution is -2.19. The summed E-state index contributed by atoms with van der Waals surface area (Å²) in [4.78, 5) is 27.9. The van der Waals surface area contributed by atoms with Crippen LogP contribution in [-0.2, 0) is 11.4 Å². The SMILES string of the molecule is O=C1NC(=Nc2ccccc2)S/C1=C/c1cc([N+](=O)[O-])ccc1OCc1ccc(F)cc1. The highest BCUT2D eigenvalue weighted by molar-refractivity contribution is 8.18. The summed E-state index contributed by atoms with van der Waals surface area (Å²) in [5.74, 6) is -0.360. The summed E-state index contributed by atoms with van der Waals surface area (Å²) in [6.45, 7) is 0.133. The summed E-state index contributed by atoms with van der Waals surface area (Å²) in [5, 5.41) is 14.3. The van der Waals surface area contributed by atoms with Crippen molar-refractivity contribution in [3.8, 4) is 5.75 Å². The minimum Gasteiger partial charge on any atom is -0.488 e. The molecule has 7 nitrogen and oxygen atoms in total. The van der Waals surface area contributed by atoms with E-state index in [2.05, 4.69) is 10.3 Å². The fourth-order valence-corrected chi connectivity index (χ4v) is 3.71. The molecular weight excluding hydrogens is 433 g/mol. The number of aliphatic imine (C=N–C) groups is 1. The van der Waals surface area contributed by atoms with Gasteiger partial charge in [0.15, 0.2) is 5.17 Å². The highest BCUT2D eigenvalue weighted by atomic mass is 32.2. The maximum Gasteiger partial charge on any atom is 0.270 e. The van der Waals surface area contributed by atoms with Gasteiger partial charge in [0.2, 0.25) is 0 Å². The molecule has 0 saturated carbocycles. The zero-order chi connectivity index (χ0) is 22.5. The Morgan fingerprint density at radius 3 is 2.56 bits per heavy atom.